The van der Waals surface area contributed by atoms with E-state index in [1.165, 1.54) is 0 Å². The van der Waals surface area contributed by atoms with Crippen molar-refractivity contribution in [3.63, 3.8) is 0 Å². The Bertz CT molecular complexity index is 488. The van der Waals surface area contributed by atoms with Crippen molar-refractivity contribution in [3.05, 3.63) is 28.4 Å². The highest BCUT2D eigenvalue weighted by atomic mass is 35.5. The van der Waals surface area contributed by atoms with Crippen molar-refractivity contribution in [1.82, 2.24) is 9.78 Å². The van der Waals surface area contributed by atoms with Crippen molar-refractivity contribution in [2.45, 2.75) is 13.5 Å². The van der Waals surface area contributed by atoms with Crippen LogP contribution in [0, 0.1) is 6.92 Å². The lowest BCUT2D eigenvalue weighted by atomic mass is 10.1. The Balaban J connectivity index is 2.80. The number of hydrogen-bond donors (Lipinski definition) is 1. The molecule has 0 saturated carbocycles. The fourth-order valence-electron chi connectivity index (χ4n) is 1.55. The third-order valence-corrected chi connectivity index (χ3v) is 2.87. The number of aromatic nitrogens is 2. The number of fused-ring (bicyclic) bond motifs is 1. The lowest BCUT2D eigenvalue weighted by Gasteiger charge is -2.00. The summed E-state index contributed by atoms with van der Waals surface area (Å²) in [7, 11) is 1.92. The van der Waals surface area contributed by atoms with Crippen molar-refractivity contribution >= 4 is 22.5 Å². The summed E-state index contributed by atoms with van der Waals surface area (Å²) in [6, 6.07) is 3.88. The molecule has 0 aliphatic carbocycles. The van der Waals surface area contributed by atoms with E-state index in [9.17, 15) is 0 Å². The second-order valence-corrected chi connectivity index (χ2v) is 3.78. The SMILES string of the molecule is Cc1c2cc(CN)c(Cl)cc2nn1C. The van der Waals surface area contributed by atoms with Gasteiger partial charge in [-0.25, -0.2) is 0 Å². The van der Waals surface area contributed by atoms with Gasteiger partial charge < -0.3 is 5.73 Å². The summed E-state index contributed by atoms with van der Waals surface area (Å²) in [5.74, 6) is 0. The summed E-state index contributed by atoms with van der Waals surface area (Å²) >= 11 is 6.04. The highest BCUT2D eigenvalue weighted by Crippen LogP contribution is 2.25. The summed E-state index contributed by atoms with van der Waals surface area (Å²) in [6.45, 7) is 2.49. The van der Waals surface area contributed by atoms with Crippen molar-refractivity contribution in [2.75, 3.05) is 0 Å². The van der Waals surface area contributed by atoms with E-state index >= 15 is 0 Å². The maximum atomic E-state index is 6.04. The number of aryl methyl sites for hydroxylation is 2. The van der Waals surface area contributed by atoms with Crippen LogP contribution in [0.2, 0.25) is 5.02 Å². The van der Waals surface area contributed by atoms with Crippen LogP contribution in [0.5, 0.6) is 0 Å². The van der Waals surface area contributed by atoms with Crippen LogP contribution in [0.1, 0.15) is 11.3 Å². The zero-order chi connectivity index (χ0) is 10.3. The molecular weight excluding hydrogens is 198 g/mol. The number of halogens is 1. The molecule has 3 nitrogen and oxygen atoms in total. The van der Waals surface area contributed by atoms with E-state index in [0.29, 0.717) is 11.6 Å². The number of benzene rings is 1. The zero-order valence-electron chi connectivity index (χ0n) is 8.21. The fraction of sp³-hybridized carbons (Fsp3) is 0.300. The van der Waals surface area contributed by atoms with Crippen LogP contribution in [0.15, 0.2) is 12.1 Å². The average molecular weight is 210 g/mol. The predicted octanol–water partition coefficient (Wildman–Crippen LogP) is 1.99. The van der Waals surface area contributed by atoms with Gasteiger partial charge in [-0.05, 0) is 24.6 Å². The molecule has 4 heteroatoms. The van der Waals surface area contributed by atoms with Gasteiger partial charge in [-0.2, -0.15) is 5.10 Å². The Kier molecular flexibility index (Phi) is 2.21. The Morgan fingerprint density at radius 3 is 2.86 bits per heavy atom. The molecule has 0 fully saturated rings. The lowest BCUT2D eigenvalue weighted by molar-refractivity contribution is 0.751. The molecule has 0 saturated heterocycles. The number of nitrogens with two attached hydrogens (primary N) is 1. The van der Waals surface area contributed by atoms with Gasteiger partial charge in [0.15, 0.2) is 0 Å². The lowest BCUT2D eigenvalue weighted by Crippen LogP contribution is -1.96. The summed E-state index contributed by atoms with van der Waals surface area (Å²) in [5, 5.41) is 6.16. The fourth-order valence-corrected chi connectivity index (χ4v) is 1.78. The van der Waals surface area contributed by atoms with Gasteiger partial charge in [-0.3, -0.25) is 4.68 Å². The second-order valence-electron chi connectivity index (χ2n) is 3.37. The third-order valence-electron chi connectivity index (χ3n) is 2.52. The monoisotopic (exact) mass is 209 g/mol. The van der Waals surface area contributed by atoms with Crippen LogP contribution < -0.4 is 5.73 Å². The first-order chi connectivity index (χ1) is 6.63. The molecule has 14 heavy (non-hydrogen) atoms. The third kappa shape index (κ3) is 1.29. The van der Waals surface area contributed by atoms with E-state index < -0.39 is 0 Å². The van der Waals surface area contributed by atoms with Crippen LogP contribution in [0.25, 0.3) is 10.9 Å². The molecule has 2 N–H and O–H groups in total. The van der Waals surface area contributed by atoms with Crippen molar-refractivity contribution in [2.24, 2.45) is 12.8 Å². The van der Waals surface area contributed by atoms with Crippen LogP contribution >= 0.6 is 11.6 Å². The Labute approximate surface area is 87.5 Å². The number of hydrogen-bond acceptors (Lipinski definition) is 2. The van der Waals surface area contributed by atoms with Crippen LogP contribution in [-0.4, -0.2) is 9.78 Å². The molecule has 2 aromatic rings. The highest BCUT2D eigenvalue weighted by Gasteiger charge is 2.08. The quantitative estimate of drug-likeness (QED) is 0.781. The Morgan fingerprint density at radius 1 is 1.50 bits per heavy atom. The molecule has 0 aliphatic heterocycles. The molecule has 0 spiro atoms. The normalized spacial score (nSPS) is 11.1. The van der Waals surface area contributed by atoms with E-state index in [1.54, 1.807) is 0 Å². The van der Waals surface area contributed by atoms with Gasteiger partial charge in [0.05, 0.1) is 5.52 Å². The molecule has 1 aromatic carbocycles. The smallest absolute Gasteiger partial charge is 0.0941 e. The molecular formula is C10H12ClN3. The summed E-state index contributed by atoms with van der Waals surface area (Å²) in [4.78, 5) is 0. The van der Waals surface area contributed by atoms with Crippen molar-refractivity contribution in [1.29, 1.82) is 0 Å². The summed E-state index contributed by atoms with van der Waals surface area (Å²) in [5.41, 5.74) is 8.61. The maximum absolute atomic E-state index is 6.04. The highest BCUT2D eigenvalue weighted by molar-refractivity contribution is 6.32. The average Bonchev–Trinajstić information content (AvgIpc) is 2.41. The van der Waals surface area contributed by atoms with E-state index in [2.05, 4.69) is 5.10 Å². The largest absolute Gasteiger partial charge is 0.326 e. The molecule has 1 aromatic heterocycles. The van der Waals surface area contributed by atoms with E-state index in [1.807, 2.05) is 30.8 Å². The van der Waals surface area contributed by atoms with Crippen LogP contribution in [0.3, 0.4) is 0 Å². The standard InChI is InChI=1S/C10H12ClN3/c1-6-8-3-7(5-12)9(11)4-10(8)13-14(6)2/h3-4H,5,12H2,1-2H3. The predicted molar refractivity (Wildman–Crippen MR) is 58.4 cm³/mol. The van der Waals surface area contributed by atoms with Gasteiger partial charge in [0, 0.05) is 29.7 Å². The van der Waals surface area contributed by atoms with E-state index in [-0.39, 0.29) is 0 Å². The first kappa shape index (κ1) is 9.49. The molecule has 74 valence electrons. The van der Waals surface area contributed by atoms with Gasteiger partial charge in [0.1, 0.15) is 0 Å². The number of nitrogens with zero attached hydrogens (tertiary/aromatic N) is 2. The number of rotatable bonds is 1. The summed E-state index contributed by atoms with van der Waals surface area (Å²) < 4.78 is 1.85. The molecule has 0 bridgehead atoms. The molecule has 0 unspecified atom stereocenters. The first-order valence-corrected chi connectivity index (χ1v) is 4.83. The van der Waals surface area contributed by atoms with Gasteiger partial charge >= 0.3 is 0 Å². The molecule has 0 atom stereocenters. The minimum atomic E-state index is 0.461. The minimum Gasteiger partial charge on any atom is -0.326 e. The molecule has 0 aliphatic rings. The molecule has 0 amide bonds. The van der Waals surface area contributed by atoms with E-state index in [0.717, 1.165) is 22.2 Å². The topological polar surface area (TPSA) is 43.8 Å². The van der Waals surface area contributed by atoms with Gasteiger partial charge in [0.2, 0.25) is 0 Å². The van der Waals surface area contributed by atoms with Crippen molar-refractivity contribution in [3.8, 4) is 0 Å². The minimum absolute atomic E-state index is 0.461. The summed E-state index contributed by atoms with van der Waals surface area (Å²) in [6.07, 6.45) is 0. The zero-order valence-corrected chi connectivity index (χ0v) is 8.97. The van der Waals surface area contributed by atoms with Gasteiger partial charge in [-0.1, -0.05) is 11.6 Å². The van der Waals surface area contributed by atoms with Crippen LogP contribution in [-0.2, 0) is 13.6 Å². The van der Waals surface area contributed by atoms with Crippen molar-refractivity contribution < 1.29 is 0 Å². The molecule has 1 heterocycles. The van der Waals surface area contributed by atoms with E-state index in [4.69, 9.17) is 17.3 Å². The maximum Gasteiger partial charge on any atom is 0.0941 e. The van der Waals surface area contributed by atoms with Gasteiger partial charge in [-0.15, -0.1) is 0 Å². The Hall–Kier alpha value is -1.06. The van der Waals surface area contributed by atoms with Crippen LogP contribution in [0.4, 0.5) is 0 Å². The van der Waals surface area contributed by atoms with Gasteiger partial charge in [0.25, 0.3) is 0 Å². The molecule has 2 rings (SSSR count). The second kappa shape index (κ2) is 3.26. The molecule has 0 radical (unpaired) electrons. The first-order valence-electron chi connectivity index (χ1n) is 4.45. The Morgan fingerprint density at radius 2 is 2.21 bits per heavy atom.